The van der Waals surface area contributed by atoms with Crippen molar-refractivity contribution >= 4 is 11.4 Å². The predicted octanol–water partition coefficient (Wildman–Crippen LogP) is 4.11. The SMILES string of the molecule is Nc1ccc(-c2ccccc2Cc2ccccc2)c(N)c1. The van der Waals surface area contributed by atoms with E-state index < -0.39 is 0 Å². The third-order valence-corrected chi connectivity index (χ3v) is 3.62. The Balaban J connectivity index is 2.03. The van der Waals surface area contributed by atoms with Crippen molar-refractivity contribution in [1.82, 2.24) is 0 Å². The monoisotopic (exact) mass is 274 g/mol. The molecular weight excluding hydrogens is 256 g/mol. The van der Waals surface area contributed by atoms with Crippen LogP contribution in [0.2, 0.25) is 0 Å². The van der Waals surface area contributed by atoms with Crippen LogP contribution < -0.4 is 11.5 Å². The minimum absolute atomic E-state index is 0.691. The highest BCUT2D eigenvalue weighted by atomic mass is 14.6. The second-order valence-electron chi connectivity index (χ2n) is 5.17. The second kappa shape index (κ2) is 5.71. The van der Waals surface area contributed by atoms with Crippen LogP contribution in [-0.2, 0) is 6.42 Å². The molecular formula is C19H18N2. The molecule has 0 spiro atoms. The van der Waals surface area contributed by atoms with Gasteiger partial charge in [-0.15, -0.1) is 0 Å². The highest BCUT2D eigenvalue weighted by molar-refractivity contribution is 5.80. The summed E-state index contributed by atoms with van der Waals surface area (Å²) in [4.78, 5) is 0. The molecule has 3 rings (SSSR count). The van der Waals surface area contributed by atoms with Crippen molar-refractivity contribution in [3.63, 3.8) is 0 Å². The van der Waals surface area contributed by atoms with Crippen molar-refractivity contribution in [3.05, 3.63) is 83.9 Å². The lowest BCUT2D eigenvalue weighted by atomic mass is 9.94. The largest absolute Gasteiger partial charge is 0.399 e. The smallest absolute Gasteiger partial charge is 0.0414 e. The van der Waals surface area contributed by atoms with Crippen LogP contribution >= 0.6 is 0 Å². The van der Waals surface area contributed by atoms with E-state index in [1.165, 1.54) is 16.7 Å². The van der Waals surface area contributed by atoms with E-state index in [9.17, 15) is 0 Å². The first-order valence-electron chi connectivity index (χ1n) is 7.01. The van der Waals surface area contributed by atoms with Gasteiger partial charge in [0.15, 0.2) is 0 Å². The van der Waals surface area contributed by atoms with E-state index in [4.69, 9.17) is 11.5 Å². The average molecular weight is 274 g/mol. The number of rotatable bonds is 3. The molecule has 0 unspecified atom stereocenters. The molecule has 0 saturated heterocycles. The number of nitrogen functional groups attached to an aromatic ring is 2. The molecule has 104 valence electrons. The number of hydrogen-bond donors (Lipinski definition) is 2. The summed E-state index contributed by atoms with van der Waals surface area (Å²) in [5.74, 6) is 0. The van der Waals surface area contributed by atoms with Gasteiger partial charge in [0.05, 0.1) is 0 Å². The van der Waals surface area contributed by atoms with Gasteiger partial charge >= 0.3 is 0 Å². The van der Waals surface area contributed by atoms with E-state index in [2.05, 4.69) is 42.5 Å². The molecule has 0 saturated carbocycles. The van der Waals surface area contributed by atoms with Gasteiger partial charge in [-0.3, -0.25) is 0 Å². The Kier molecular flexibility index (Phi) is 3.61. The molecule has 0 radical (unpaired) electrons. The van der Waals surface area contributed by atoms with E-state index in [-0.39, 0.29) is 0 Å². The van der Waals surface area contributed by atoms with E-state index in [0.717, 1.165) is 17.7 Å². The van der Waals surface area contributed by atoms with Crippen LogP contribution in [0.3, 0.4) is 0 Å². The first kappa shape index (κ1) is 13.3. The molecule has 0 heterocycles. The summed E-state index contributed by atoms with van der Waals surface area (Å²) < 4.78 is 0. The molecule has 0 aliphatic rings. The maximum absolute atomic E-state index is 6.14. The molecule has 2 nitrogen and oxygen atoms in total. The van der Waals surface area contributed by atoms with Gasteiger partial charge in [-0.1, -0.05) is 60.7 Å². The van der Waals surface area contributed by atoms with Crippen molar-refractivity contribution in [1.29, 1.82) is 0 Å². The normalized spacial score (nSPS) is 10.5. The number of nitrogens with two attached hydrogens (primary N) is 2. The van der Waals surface area contributed by atoms with Gasteiger partial charge in [0.2, 0.25) is 0 Å². The van der Waals surface area contributed by atoms with Crippen molar-refractivity contribution in [2.45, 2.75) is 6.42 Å². The third-order valence-electron chi connectivity index (χ3n) is 3.62. The fraction of sp³-hybridized carbons (Fsp3) is 0.0526. The summed E-state index contributed by atoms with van der Waals surface area (Å²) >= 11 is 0. The summed E-state index contributed by atoms with van der Waals surface area (Å²) in [6.45, 7) is 0. The van der Waals surface area contributed by atoms with Gasteiger partial charge < -0.3 is 11.5 Å². The Labute approximate surface area is 125 Å². The third kappa shape index (κ3) is 2.90. The van der Waals surface area contributed by atoms with Gasteiger partial charge in [-0.2, -0.15) is 0 Å². The fourth-order valence-electron chi connectivity index (χ4n) is 2.58. The lowest BCUT2D eigenvalue weighted by molar-refractivity contribution is 1.20. The highest BCUT2D eigenvalue weighted by Gasteiger charge is 2.08. The van der Waals surface area contributed by atoms with Gasteiger partial charge in [0.25, 0.3) is 0 Å². The Morgan fingerprint density at radius 1 is 0.667 bits per heavy atom. The fourth-order valence-corrected chi connectivity index (χ4v) is 2.58. The van der Waals surface area contributed by atoms with Crippen LogP contribution in [0, 0.1) is 0 Å². The zero-order valence-electron chi connectivity index (χ0n) is 11.8. The molecule has 3 aromatic carbocycles. The minimum atomic E-state index is 0.691. The van der Waals surface area contributed by atoms with Gasteiger partial charge in [-0.25, -0.2) is 0 Å². The van der Waals surface area contributed by atoms with Crippen LogP contribution in [0.15, 0.2) is 72.8 Å². The molecule has 0 aliphatic carbocycles. The van der Waals surface area contributed by atoms with E-state index in [1.807, 2.05) is 30.3 Å². The summed E-state index contributed by atoms with van der Waals surface area (Å²) in [6, 6.07) is 24.5. The molecule has 0 atom stereocenters. The number of benzene rings is 3. The maximum Gasteiger partial charge on any atom is 0.0414 e. The molecule has 0 amide bonds. The topological polar surface area (TPSA) is 52.0 Å². The number of anilines is 2. The van der Waals surface area contributed by atoms with E-state index >= 15 is 0 Å². The molecule has 3 aromatic rings. The lowest BCUT2D eigenvalue weighted by Crippen LogP contribution is -1.97. The van der Waals surface area contributed by atoms with Crippen molar-refractivity contribution in [3.8, 4) is 11.1 Å². The van der Waals surface area contributed by atoms with Crippen LogP contribution in [0.25, 0.3) is 11.1 Å². The maximum atomic E-state index is 6.14. The predicted molar refractivity (Wildman–Crippen MR) is 90.0 cm³/mol. The highest BCUT2D eigenvalue weighted by Crippen LogP contribution is 2.31. The Morgan fingerprint density at radius 3 is 2.14 bits per heavy atom. The molecule has 0 aromatic heterocycles. The van der Waals surface area contributed by atoms with Gasteiger partial charge in [0.1, 0.15) is 0 Å². The van der Waals surface area contributed by atoms with Crippen molar-refractivity contribution < 1.29 is 0 Å². The molecule has 0 bridgehead atoms. The minimum Gasteiger partial charge on any atom is -0.399 e. The summed E-state index contributed by atoms with van der Waals surface area (Å²) in [7, 11) is 0. The molecule has 0 aliphatic heterocycles. The molecule has 0 fully saturated rings. The van der Waals surface area contributed by atoms with Gasteiger partial charge in [-0.05, 0) is 35.2 Å². The first-order chi connectivity index (χ1) is 10.2. The van der Waals surface area contributed by atoms with E-state index in [1.54, 1.807) is 0 Å². The Bertz CT molecular complexity index is 749. The first-order valence-corrected chi connectivity index (χ1v) is 7.01. The summed E-state index contributed by atoms with van der Waals surface area (Å²) in [6.07, 6.45) is 0.890. The molecule has 2 heteroatoms. The van der Waals surface area contributed by atoms with Crippen LogP contribution in [0.5, 0.6) is 0 Å². The van der Waals surface area contributed by atoms with Crippen molar-refractivity contribution in [2.75, 3.05) is 11.5 Å². The number of hydrogen-bond acceptors (Lipinski definition) is 2. The second-order valence-corrected chi connectivity index (χ2v) is 5.17. The van der Waals surface area contributed by atoms with Crippen molar-refractivity contribution in [2.24, 2.45) is 0 Å². The summed E-state index contributed by atoms with van der Waals surface area (Å²) in [5, 5.41) is 0. The van der Waals surface area contributed by atoms with Crippen LogP contribution in [0.1, 0.15) is 11.1 Å². The van der Waals surface area contributed by atoms with Crippen LogP contribution in [0.4, 0.5) is 11.4 Å². The Morgan fingerprint density at radius 2 is 1.38 bits per heavy atom. The molecule has 4 N–H and O–H groups in total. The van der Waals surface area contributed by atoms with Gasteiger partial charge in [0, 0.05) is 16.9 Å². The lowest BCUT2D eigenvalue weighted by Gasteiger charge is -2.12. The average Bonchev–Trinajstić information content (AvgIpc) is 2.49. The Hall–Kier alpha value is -2.74. The standard InChI is InChI=1S/C19H18N2/c20-16-10-11-18(19(21)13-16)17-9-5-4-8-15(17)12-14-6-2-1-3-7-14/h1-11,13H,12,20-21H2. The van der Waals surface area contributed by atoms with Crippen LogP contribution in [-0.4, -0.2) is 0 Å². The zero-order valence-corrected chi connectivity index (χ0v) is 11.8. The van der Waals surface area contributed by atoms with E-state index in [0.29, 0.717) is 5.69 Å². The quantitative estimate of drug-likeness (QED) is 0.706. The summed E-state index contributed by atoms with van der Waals surface area (Å²) in [5.41, 5.74) is 18.1. The zero-order chi connectivity index (χ0) is 14.7. The molecule has 21 heavy (non-hydrogen) atoms.